The van der Waals surface area contributed by atoms with Crippen LogP contribution in [0.3, 0.4) is 0 Å². The lowest BCUT2D eigenvalue weighted by molar-refractivity contribution is -0.130. The van der Waals surface area contributed by atoms with Crippen LogP contribution in [0.4, 0.5) is 4.79 Å². The van der Waals surface area contributed by atoms with Crippen LogP contribution in [0.5, 0.6) is 0 Å². The third kappa shape index (κ3) is 3.54. The molecule has 0 saturated carbocycles. The van der Waals surface area contributed by atoms with Crippen molar-refractivity contribution in [3.8, 4) is 0 Å². The Morgan fingerprint density at radius 3 is 2.60 bits per heavy atom. The standard InChI is InChI=1S/C21H21BrN4O4/c1-21(14-5-4-6-15(22)10-14)19(29)26(20(30)24-21)12-17(27)13-9-16(23-11-13)18(28)25-7-2-3-8-25/h4-6,9-11,23H,2-3,7-8,12H2,1H3,(H,24,30). The van der Waals surface area contributed by atoms with E-state index < -0.39 is 29.8 Å². The molecule has 0 aliphatic carbocycles. The Balaban J connectivity index is 1.49. The minimum Gasteiger partial charge on any atom is -0.356 e. The lowest BCUT2D eigenvalue weighted by atomic mass is 9.92. The predicted molar refractivity (Wildman–Crippen MR) is 112 cm³/mol. The number of urea groups is 1. The first-order valence-electron chi connectivity index (χ1n) is 9.70. The molecular formula is C21H21BrN4O4. The summed E-state index contributed by atoms with van der Waals surface area (Å²) in [5, 5.41) is 2.69. The minimum atomic E-state index is -1.25. The molecule has 4 rings (SSSR count). The number of carbonyl (C=O) groups excluding carboxylic acids is 4. The van der Waals surface area contributed by atoms with Crippen molar-refractivity contribution >= 4 is 39.6 Å². The van der Waals surface area contributed by atoms with Gasteiger partial charge in [0.25, 0.3) is 11.8 Å². The van der Waals surface area contributed by atoms with Crippen LogP contribution in [0.15, 0.2) is 41.0 Å². The smallest absolute Gasteiger partial charge is 0.325 e. The zero-order chi connectivity index (χ0) is 21.5. The first-order valence-corrected chi connectivity index (χ1v) is 10.5. The summed E-state index contributed by atoms with van der Waals surface area (Å²) in [6.07, 6.45) is 3.39. The average Bonchev–Trinajstić information content (AvgIpc) is 3.46. The maximum atomic E-state index is 13.0. The molecule has 2 aromatic rings. The second-order valence-corrected chi connectivity index (χ2v) is 8.60. The summed E-state index contributed by atoms with van der Waals surface area (Å²) < 4.78 is 0.778. The van der Waals surface area contributed by atoms with Gasteiger partial charge in [-0.15, -0.1) is 0 Å². The Morgan fingerprint density at radius 1 is 1.17 bits per heavy atom. The molecule has 0 radical (unpaired) electrons. The fourth-order valence-electron chi connectivity index (χ4n) is 3.84. The number of Topliss-reactive ketones (excluding diaryl/α,β-unsaturated/α-hetero) is 1. The van der Waals surface area contributed by atoms with Crippen molar-refractivity contribution < 1.29 is 19.2 Å². The van der Waals surface area contributed by atoms with Gasteiger partial charge in [0, 0.05) is 29.3 Å². The number of hydrogen-bond acceptors (Lipinski definition) is 4. The van der Waals surface area contributed by atoms with E-state index in [1.54, 1.807) is 30.0 Å². The Bertz CT molecular complexity index is 1040. The molecule has 2 saturated heterocycles. The van der Waals surface area contributed by atoms with E-state index in [0.717, 1.165) is 22.2 Å². The summed E-state index contributed by atoms with van der Waals surface area (Å²) in [4.78, 5) is 56.2. The van der Waals surface area contributed by atoms with Crippen LogP contribution in [-0.2, 0) is 10.3 Å². The number of aromatic amines is 1. The first kappa shape index (κ1) is 20.3. The number of likely N-dealkylation sites (tertiary alicyclic amines) is 1. The van der Waals surface area contributed by atoms with Gasteiger partial charge in [0.1, 0.15) is 11.2 Å². The van der Waals surface area contributed by atoms with Crippen molar-refractivity contribution in [3.05, 3.63) is 57.8 Å². The van der Waals surface area contributed by atoms with E-state index in [9.17, 15) is 19.2 Å². The second kappa shape index (κ2) is 7.71. The zero-order valence-electron chi connectivity index (χ0n) is 16.4. The highest BCUT2D eigenvalue weighted by atomic mass is 79.9. The molecule has 1 unspecified atom stereocenters. The van der Waals surface area contributed by atoms with Gasteiger partial charge in [-0.25, -0.2) is 4.79 Å². The number of H-pyrrole nitrogens is 1. The van der Waals surface area contributed by atoms with Gasteiger partial charge in [0.05, 0.1) is 6.54 Å². The number of carbonyl (C=O) groups is 4. The number of nitrogens with zero attached hydrogens (tertiary/aromatic N) is 2. The van der Waals surface area contributed by atoms with Crippen LogP contribution >= 0.6 is 15.9 Å². The highest BCUT2D eigenvalue weighted by Crippen LogP contribution is 2.30. The summed E-state index contributed by atoms with van der Waals surface area (Å²) in [6, 6.07) is 7.95. The van der Waals surface area contributed by atoms with Crippen molar-refractivity contribution in [2.24, 2.45) is 0 Å². The molecule has 3 heterocycles. The fraction of sp³-hybridized carbons (Fsp3) is 0.333. The van der Waals surface area contributed by atoms with Crippen LogP contribution in [-0.4, -0.2) is 58.0 Å². The number of halogens is 1. The molecule has 1 aromatic carbocycles. The summed E-state index contributed by atoms with van der Waals surface area (Å²) >= 11 is 3.37. The van der Waals surface area contributed by atoms with Gasteiger partial charge in [0.15, 0.2) is 5.78 Å². The van der Waals surface area contributed by atoms with Crippen molar-refractivity contribution in [2.45, 2.75) is 25.3 Å². The quantitative estimate of drug-likeness (QED) is 0.515. The Hall–Kier alpha value is -2.94. The molecule has 156 valence electrons. The molecule has 8 nitrogen and oxygen atoms in total. The fourth-order valence-corrected chi connectivity index (χ4v) is 4.24. The van der Waals surface area contributed by atoms with E-state index >= 15 is 0 Å². The predicted octanol–water partition coefficient (Wildman–Crippen LogP) is 2.66. The number of benzene rings is 1. The Morgan fingerprint density at radius 2 is 1.90 bits per heavy atom. The van der Waals surface area contributed by atoms with Crippen LogP contribution in [0.1, 0.15) is 46.2 Å². The summed E-state index contributed by atoms with van der Waals surface area (Å²) in [6.45, 7) is 2.63. The van der Waals surface area contributed by atoms with Gasteiger partial charge < -0.3 is 15.2 Å². The van der Waals surface area contributed by atoms with Crippen molar-refractivity contribution in [1.29, 1.82) is 0 Å². The molecule has 2 aliphatic rings. The van der Waals surface area contributed by atoms with Crippen LogP contribution in [0.2, 0.25) is 0 Å². The molecule has 30 heavy (non-hydrogen) atoms. The van der Waals surface area contributed by atoms with Gasteiger partial charge in [-0.1, -0.05) is 28.1 Å². The number of ketones is 1. The first-order chi connectivity index (χ1) is 14.3. The Kier molecular flexibility index (Phi) is 5.23. The van der Waals surface area contributed by atoms with Gasteiger partial charge in [-0.2, -0.15) is 0 Å². The molecule has 0 bridgehead atoms. The minimum absolute atomic E-state index is 0.149. The maximum absolute atomic E-state index is 13.0. The molecule has 4 amide bonds. The number of rotatable bonds is 5. The van der Waals surface area contributed by atoms with Crippen molar-refractivity contribution in [3.63, 3.8) is 0 Å². The van der Waals surface area contributed by atoms with Crippen LogP contribution in [0, 0.1) is 0 Å². The highest BCUT2D eigenvalue weighted by molar-refractivity contribution is 9.10. The number of hydrogen-bond donors (Lipinski definition) is 2. The van der Waals surface area contributed by atoms with Gasteiger partial charge >= 0.3 is 6.03 Å². The van der Waals surface area contributed by atoms with Gasteiger partial charge in [-0.3, -0.25) is 19.3 Å². The maximum Gasteiger partial charge on any atom is 0.325 e. The lowest BCUT2D eigenvalue weighted by Crippen LogP contribution is -2.41. The Labute approximate surface area is 181 Å². The summed E-state index contributed by atoms with van der Waals surface area (Å²) in [5.41, 5.74) is -0.0492. The van der Waals surface area contributed by atoms with E-state index in [0.29, 0.717) is 24.3 Å². The molecule has 2 fully saturated rings. The van der Waals surface area contributed by atoms with E-state index in [1.165, 1.54) is 12.3 Å². The van der Waals surface area contributed by atoms with Gasteiger partial charge in [0.2, 0.25) is 0 Å². The largest absolute Gasteiger partial charge is 0.356 e. The monoisotopic (exact) mass is 472 g/mol. The van der Waals surface area contributed by atoms with E-state index in [-0.39, 0.29) is 11.5 Å². The third-order valence-corrected chi connectivity index (χ3v) is 6.10. The van der Waals surface area contributed by atoms with E-state index in [1.807, 2.05) is 6.07 Å². The van der Waals surface area contributed by atoms with Crippen molar-refractivity contribution in [2.75, 3.05) is 19.6 Å². The second-order valence-electron chi connectivity index (χ2n) is 7.68. The third-order valence-electron chi connectivity index (χ3n) is 5.61. The zero-order valence-corrected chi connectivity index (χ0v) is 18.0. The molecule has 9 heteroatoms. The molecule has 1 atom stereocenters. The summed E-state index contributed by atoms with van der Waals surface area (Å²) in [5.74, 6) is -1.07. The van der Waals surface area contributed by atoms with Crippen LogP contribution < -0.4 is 5.32 Å². The van der Waals surface area contributed by atoms with Gasteiger partial charge in [-0.05, 0) is 43.5 Å². The number of aromatic nitrogens is 1. The topological polar surface area (TPSA) is 103 Å². The van der Waals surface area contributed by atoms with Crippen molar-refractivity contribution in [1.82, 2.24) is 20.1 Å². The SMILES string of the molecule is CC1(c2cccc(Br)c2)NC(=O)N(CC(=O)c2c[nH]c(C(=O)N3CCCC3)c2)C1=O. The number of nitrogens with one attached hydrogen (secondary N) is 2. The molecule has 1 aromatic heterocycles. The summed E-state index contributed by atoms with van der Waals surface area (Å²) in [7, 11) is 0. The number of imide groups is 1. The van der Waals surface area contributed by atoms with E-state index in [2.05, 4.69) is 26.2 Å². The molecule has 0 spiro atoms. The van der Waals surface area contributed by atoms with Crippen LogP contribution in [0.25, 0.3) is 0 Å². The molecule has 2 aliphatic heterocycles. The lowest BCUT2D eigenvalue weighted by Gasteiger charge is -2.22. The van der Waals surface area contributed by atoms with E-state index in [4.69, 9.17) is 0 Å². The normalized spacial score (nSPS) is 21.3. The highest BCUT2D eigenvalue weighted by Gasteiger charge is 2.49. The molecule has 2 N–H and O–H groups in total. The average molecular weight is 473 g/mol. The molecular weight excluding hydrogens is 452 g/mol. The number of amides is 4.